The van der Waals surface area contributed by atoms with Crippen molar-refractivity contribution in [3.05, 3.63) is 71.4 Å². The molecule has 2 N–H and O–H groups in total. The summed E-state index contributed by atoms with van der Waals surface area (Å²) in [6, 6.07) is 12.8. The van der Waals surface area contributed by atoms with Gasteiger partial charge in [-0.3, -0.25) is 9.78 Å². The van der Waals surface area contributed by atoms with Crippen LogP contribution in [0.15, 0.2) is 48.8 Å². The molecule has 140 valence electrons. The van der Waals surface area contributed by atoms with Crippen LogP contribution in [0.2, 0.25) is 0 Å². The molecule has 0 aliphatic carbocycles. The lowest BCUT2D eigenvalue weighted by molar-refractivity contribution is 0.0952. The van der Waals surface area contributed by atoms with E-state index in [2.05, 4.69) is 15.3 Å². The minimum Gasteiger partial charge on any atom is -0.387 e. The zero-order valence-electron chi connectivity index (χ0n) is 15.8. The summed E-state index contributed by atoms with van der Waals surface area (Å²) >= 11 is 0. The van der Waals surface area contributed by atoms with Gasteiger partial charge in [0, 0.05) is 29.9 Å². The summed E-state index contributed by atoms with van der Waals surface area (Å²) in [5.41, 5.74) is 5.01. The summed E-state index contributed by atoms with van der Waals surface area (Å²) in [6.07, 6.45) is 1.18. The van der Waals surface area contributed by atoms with E-state index in [0.29, 0.717) is 24.3 Å². The molecular formula is C21H24N4O2. The van der Waals surface area contributed by atoms with E-state index in [1.165, 1.54) is 0 Å². The molecule has 3 aromatic rings. The average Bonchev–Trinajstić information content (AvgIpc) is 3.00. The summed E-state index contributed by atoms with van der Waals surface area (Å²) in [4.78, 5) is 21.0. The fraction of sp³-hybridized carbons (Fsp3) is 0.286. The van der Waals surface area contributed by atoms with Crippen LogP contribution in [-0.4, -0.2) is 32.1 Å². The Morgan fingerprint density at radius 1 is 1.19 bits per heavy atom. The third kappa shape index (κ3) is 4.41. The largest absolute Gasteiger partial charge is 0.387 e. The van der Waals surface area contributed by atoms with Gasteiger partial charge in [-0.05, 0) is 45.0 Å². The van der Waals surface area contributed by atoms with Gasteiger partial charge in [0.05, 0.1) is 29.5 Å². The minimum atomic E-state index is -0.613. The maximum Gasteiger partial charge on any atom is 0.251 e. The highest BCUT2D eigenvalue weighted by Crippen LogP contribution is 2.20. The number of hydrogen-bond donors (Lipinski definition) is 2. The Hall–Kier alpha value is -2.99. The maximum atomic E-state index is 12.3. The lowest BCUT2D eigenvalue weighted by Gasteiger charge is -2.09. The molecule has 1 aromatic carbocycles. The first-order chi connectivity index (χ1) is 13.0. The van der Waals surface area contributed by atoms with Gasteiger partial charge in [-0.25, -0.2) is 4.98 Å². The summed E-state index contributed by atoms with van der Waals surface area (Å²) in [7, 11) is 0. The Bertz CT molecular complexity index is 930. The SMILES string of the molecule is Cc1ncn(CCNC(=O)c2ccc(-c3cccc([C@H](C)O)n3)cc2)c1C. The van der Waals surface area contributed by atoms with Gasteiger partial charge >= 0.3 is 0 Å². The number of carbonyl (C=O) groups is 1. The smallest absolute Gasteiger partial charge is 0.251 e. The van der Waals surface area contributed by atoms with Crippen LogP contribution >= 0.6 is 0 Å². The van der Waals surface area contributed by atoms with E-state index in [1.54, 1.807) is 31.5 Å². The monoisotopic (exact) mass is 364 g/mol. The van der Waals surface area contributed by atoms with Crippen LogP contribution in [0.1, 0.15) is 40.5 Å². The summed E-state index contributed by atoms with van der Waals surface area (Å²) in [6.45, 7) is 6.90. The van der Waals surface area contributed by atoms with Crippen molar-refractivity contribution < 1.29 is 9.90 Å². The number of carbonyl (C=O) groups excluding carboxylic acids is 1. The van der Waals surface area contributed by atoms with Crippen molar-refractivity contribution in [3.8, 4) is 11.3 Å². The summed E-state index contributed by atoms with van der Waals surface area (Å²) in [5.74, 6) is -0.110. The first kappa shape index (κ1) is 18.8. The van der Waals surface area contributed by atoms with Crippen molar-refractivity contribution in [2.45, 2.75) is 33.4 Å². The number of pyridine rings is 1. The zero-order valence-corrected chi connectivity index (χ0v) is 15.8. The minimum absolute atomic E-state index is 0.110. The fourth-order valence-electron chi connectivity index (χ4n) is 2.80. The Labute approximate surface area is 158 Å². The molecule has 3 rings (SSSR count). The Kier molecular flexibility index (Phi) is 5.66. The molecule has 0 unspecified atom stereocenters. The van der Waals surface area contributed by atoms with Gasteiger partial charge in [0.2, 0.25) is 0 Å². The molecule has 27 heavy (non-hydrogen) atoms. The Morgan fingerprint density at radius 3 is 2.56 bits per heavy atom. The molecule has 0 spiro atoms. The standard InChI is InChI=1S/C21H24N4O2/c1-14-15(2)25(13-23-14)12-11-22-21(27)18-9-7-17(8-10-18)20-6-4-5-19(24-20)16(3)26/h4-10,13,16,26H,11-12H2,1-3H3,(H,22,27)/t16-/m0/s1. The molecule has 0 radical (unpaired) electrons. The van der Waals surface area contributed by atoms with Gasteiger partial charge in [-0.2, -0.15) is 0 Å². The van der Waals surface area contributed by atoms with Crippen molar-refractivity contribution in [3.63, 3.8) is 0 Å². The van der Waals surface area contributed by atoms with E-state index >= 15 is 0 Å². The molecule has 1 atom stereocenters. The highest BCUT2D eigenvalue weighted by atomic mass is 16.3. The van der Waals surface area contributed by atoms with Crippen LogP contribution in [0, 0.1) is 13.8 Å². The van der Waals surface area contributed by atoms with Gasteiger partial charge < -0.3 is 15.0 Å². The van der Waals surface area contributed by atoms with E-state index in [0.717, 1.165) is 22.6 Å². The van der Waals surface area contributed by atoms with E-state index in [9.17, 15) is 9.90 Å². The number of aliphatic hydroxyl groups excluding tert-OH is 1. The average molecular weight is 364 g/mol. The van der Waals surface area contributed by atoms with Gasteiger partial charge in [-0.15, -0.1) is 0 Å². The molecule has 0 saturated carbocycles. The number of amides is 1. The molecular weight excluding hydrogens is 340 g/mol. The van der Waals surface area contributed by atoms with E-state index in [4.69, 9.17) is 0 Å². The van der Waals surface area contributed by atoms with Crippen molar-refractivity contribution in [2.75, 3.05) is 6.54 Å². The predicted molar refractivity (Wildman–Crippen MR) is 104 cm³/mol. The lowest BCUT2D eigenvalue weighted by atomic mass is 10.1. The molecule has 6 nitrogen and oxygen atoms in total. The van der Waals surface area contributed by atoms with Crippen molar-refractivity contribution in [1.29, 1.82) is 0 Å². The molecule has 0 bridgehead atoms. The topological polar surface area (TPSA) is 80.0 Å². The molecule has 1 amide bonds. The van der Waals surface area contributed by atoms with Crippen LogP contribution in [0.25, 0.3) is 11.3 Å². The van der Waals surface area contributed by atoms with Crippen LogP contribution < -0.4 is 5.32 Å². The second-order valence-corrected chi connectivity index (χ2v) is 6.57. The van der Waals surface area contributed by atoms with Crippen LogP contribution in [0.3, 0.4) is 0 Å². The number of aryl methyl sites for hydroxylation is 1. The first-order valence-electron chi connectivity index (χ1n) is 8.97. The first-order valence-corrected chi connectivity index (χ1v) is 8.97. The number of aliphatic hydroxyl groups is 1. The highest BCUT2D eigenvalue weighted by Gasteiger charge is 2.09. The third-order valence-corrected chi connectivity index (χ3v) is 4.62. The van der Waals surface area contributed by atoms with Crippen LogP contribution in [0.5, 0.6) is 0 Å². The fourth-order valence-corrected chi connectivity index (χ4v) is 2.80. The number of nitrogens with one attached hydrogen (secondary N) is 1. The van der Waals surface area contributed by atoms with E-state index in [1.807, 2.05) is 42.7 Å². The van der Waals surface area contributed by atoms with E-state index in [-0.39, 0.29) is 5.91 Å². The second-order valence-electron chi connectivity index (χ2n) is 6.57. The number of benzene rings is 1. The number of imidazole rings is 1. The van der Waals surface area contributed by atoms with Gasteiger partial charge in [0.25, 0.3) is 5.91 Å². The van der Waals surface area contributed by atoms with Gasteiger partial charge in [0.1, 0.15) is 0 Å². The molecule has 0 fully saturated rings. The zero-order chi connectivity index (χ0) is 19.4. The number of nitrogens with zero attached hydrogens (tertiary/aromatic N) is 3. The van der Waals surface area contributed by atoms with Crippen molar-refractivity contribution in [2.24, 2.45) is 0 Å². The third-order valence-electron chi connectivity index (χ3n) is 4.62. The quantitative estimate of drug-likeness (QED) is 0.704. The second kappa shape index (κ2) is 8.14. The van der Waals surface area contributed by atoms with Gasteiger partial charge in [-0.1, -0.05) is 18.2 Å². The van der Waals surface area contributed by atoms with Crippen molar-refractivity contribution in [1.82, 2.24) is 19.9 Å². The molecule has 2 aromatic heterocycles. The molecule has 2 heterocycles. The molecule has 6 heteroatoms. The highest BCUT2D eigenvalue weighted by molar-refractivity contribution is 5.94. The molecule has 0 aliphatic heterocycles. The number of aromatic nitrogens is 3. The van der Waals surface area contributed by atoms with Crippen molar-refractivity contribution >= 4 is 5.91 Å². The molecule has 0 aliphatic rings. The summed E-state index contributed by atoms with van der Waals surface area (Å²) in [5, 5.41) is 12.6. The number of hydrogen-bond acceptors (Lipinski definition) is 4. The Balaban J connectivity index is 1.62. The normalized spacial score (nSPS) is 12.0. The summed E-state index contributed by atoms with van der Waals surface area (Å²) < 4.78 is 2.03. The molecule has 0 saturated heterocycles. The Morgan fingerprint density at radius 2 is 1.93 bits per heavy atom. The van der Waals surface area contributed by atoms with Crippen LogP contribution in [-0.2, 0) is 6.54 Å². The van der Waals surface area contributed by atoms with E-state index < -0.39 is 6.10 Å². The number of rotatable bonds is 6. The van der Waals surface area contributed by atoms with Crippen LogP contribution in [0.4, 0.5) is 0 Å². The maximum absolute atomic E-state index is 12.3. The lowest BCUT2D eigenvalue weighted by Crippen LogP contribution is -2.27. The van der Waals surface area contributed by atoms with Gasteiger partial charge in [0.15, 0.2) is 0 Å². The predicted octanol–water partition coefficient (Wildman–Crippen LogP) is 3.05.